The molecule has 0 aliphatic carbocycles. The molecule has 1 heterocycles. The van der Waals surface area contributed by atoms with E-state index in [9.17, 15) is 14.4 Å². The van der Waals surface area contributed by atoms with Gasteiger partial charge in [0.25, 0.3) is 11.8 Å². The zero-order valence-corrected chi connectivity index (χ0v) is 14.6. The zero-order chi connectivity index (χ0) is 19.2. The zero-order valence-electron chi connectivity index (χ0n) is 14.6. The summed E-state index contributed by atoms with van der Waals surface area (Å²) in [6, 6.07) is 15.2. The second-order valence-corrected chi connectivity index (χ2v) is 6.12. The number of hydrogen-bond acceptors (Lipinski definition) is 4. The first-order chi connectivity index (χ1) is 13.1. The van der Waals surface area contributed by atoms with Crippen LogP contribution >= 0.6 is 0 Å². The van der Waals surface area contributed by atoms with Crippen molar-refractivity contribution in [2.24, 2.45) is 0 Å². The van der Waals surface area contributed by atoms with Crippen molar-refractivity contribution in [1.82, 2.24) is 9.80 Å². The molecule has 0 saturated carbocycles. The minimum atomic E-state index is -0.351. The van der Waals surface area contributed by atoms with Gasteiger partial charge in [-0.1, -0.05) is 12.1 Å². The first kappa shape index (κ1) is 18.1. The number of hydrogen-bond donors (Lipinski definition) is 1. The van der Waals surface area contributed by atoms with E-state index in [0.29, 0.717) is 48.6 Å². The van der Waals surface area contributed by atoms with Gasteiger partial charge in [-0.15, -0.1) is 0 Å². The third-order valence-electron chi connectivity index (χ3n) is 4.44. The highest BCUT2D eigenvalue weighted by molar-refractivity contribution is 6.05. The van der Waals surface area contributed by atoms with Crippen molar-refractivity contribution >= 4 is 23.9 Å². The summed E-state index contributed by atoms with van der Waals surface area (Å²) < 4.78 is 0. The van der Waals surface area contributed by atoms with E-state index in [2.05, 4.69) is 5.32 Å². The standard InChI is InChI=1S/C20H18N4O3/c21-13-17-3-1-2-4-18(17)22-19(26)15-5-7-16(8-6-15)20(27)24-11-9-23(14-25)10-12-24/h1-8,14H,9-12H2,(H,22,26). The van der Waals surface area contributed by atoms with E-state index >= 15 is 0 Å². The Balaban J connectivity index is 1.66. The molecular weight excluding hydrogens is 344 g/mol. The van der Waals surface area contributed by atoms with Crippen molar-refractivity contribution in [3.63, 3.8) is 0 Å². The predicted octanol–water partition coefficient (Wildman–Crippen LogP) is 1.72. The Kier molecular flexibility index (Phi) is 5.47. The Morgan fingerprint density at radius 3 is 2.22 bits per heavy atom. The molecule has 1 aliphatic heterocycles. The van der Waals surface area contributed by atoms with Crippen LogP contribution in [0.1, 0.15) is 26.3 Å². The van der Waals surface area contributed by atoms with Crippen LogP contribution in [0.2, 0.25) is 0 Å². The van der Waals surface area contributed by atoms with E-state index in [0.717, 1.165) is 6.41 Å². The van der Waals surface area contributed by atoms with Crippen LogP contribution in [-0.2, 0) is 4.79 Å². The number of nitrogens with one attached hydrogen (secondary N) is 1. The van der Waals surface area contributed by atoms with E-state index in [-0.39, 0.29) is 11.8 Å². The molecule has 3 rings (SSSR count). The lowest BCUT2D eigenvalue weighted by Gasteiger charge is -2.32. The Morgan fingerprint density at radius 1 is 0.963 bits per heavy atom. The number of anilines is 1. The lowest BCUT2D eigenvalue weighted by molar-refractivity contribution is -0.119. The number of rotatable bonds is 4. The van der Waals surface area contributed by atoms with Gasteiger partial charge in [-0.3, -0.25) is 14.4 Å². The van der Waals surface area contributed by atoms with Gasteiger partial charge in [0.2, 0.25) is 6.41 Å². The largest absolute Gasteiger partial charge is 0.342 e. The van der Waals surface area contributed by atoms with Crippen molar-refractivity contribution in [2.45, 2.75) is 0 Å². The third kappa shape index (κ3) is 4.12. The van der Waals surface area contributed by atoms with Gasteiger partial charge in [0.15, 0.2) is 0 Å². The number of piperazine rings is 1. The lowest BCUT2D eigenvalue weighted by atomic mass is 10.1. The van der Waals surface area contributed by atoms with Gasteiger partial charge in [-0.25, -0.2) is 0 Å². The molecule has 27 heavy (non-hydrogen) atoms. The van der Waals surface area contributed by atoms with Crippen LogP contribution in [0.5, 0.6) is 0 Å². The summed E-state index contributed by atoms with van der Waals surface area (Å²) in [6.07, 6.45) is 0.791. The Hall–Kier alpha value is -3.66. The maximum atomic E-state index is 12.5. The molecule has 7 nitrogen and oxygen atoms in total. The van der Waals surface area contributed by atoms with Crippen LogP contribution in [0.15, 0.2) is 48.5 Å². The van der Waals surface area contributed by atoms with Gasteiger partial charge in [-0.2, -0.15) is 5.26 Å². The highest BCUT2D eigenvalue weighted by atomic mass is 16.2. The minimum Gasteiger partial charge on any atom is -0.342 e. The summed E-state index contributed by atoms with van der Waals surface area (Å²) in [5.41, 5.74) is 1.71. The fraction of sp³-hybridized carbons (Fsp3) is 0.200. The van der Waals surface area contributed by atoms with E-state index in [4.69, 9.17) is 5.26 Å². The van der Waals surface area contributed by atoms with Gasteiger partial charge in [0.1, 0.15) is 6.07 Å². The number of carbonyl (C=O) groups is 3. The first-order valence-electron chi connectivity index (χ1n) is 8.51. The number of nitriles is 1. The lowest BCUT2D eigenvalue weighted by Crippen LogP contribution is -2.48. The molecule has 0 atom stereocenters. The first-order valence-corrected chi connectivity index (χ1v) is 8.51. The van der Waals surface area contributed by atoms with E-state index in [1.54, 1.807) is 58.3 Å². The fourth-order valence-electron chi connectivity index (χ4n) is 2.86. The average molecular weight is 362 g/mol. The molecule has 1 aliphatic rings. The van der Waals surface area contributed by atoms with Crippen molar-refractivity contribution in [3.05, 3.63) is 65.2 Å². The molecule has 2 aromatic carbocycles. The molecule has 0 unspecified atom stereocenters. The van der Waals surface area contributed by atoms with Crippen LogP contribution in [0.3, 0.4) is 0 Å². The molecule has 1 saturated heterocycles. The van der Waals surface area contributed by atoms with Crippen LogP contribution in [0, 0.1) is 11.3 Å². The van der Waals surface area contributed by atoms with Gasteiger partial charge in [0, 0.05) is 37.3 Å². The van der Waals surface area contributed by atoms with E-state index in [1.807, 2.05) is 6.07 Å². The molecular formula is C20H18N4O3. The maximum Gasteiger partial charge on any atom is 0.255 e. The Morgan fingerprint density at radius 2 is 1.59 bits per heavy atom. The number of amides is 3. The van der Waals surface area contributed by atoms with Gasteiger partial charge < -0.3 is 15.1 Å². The minimum absolute atomic E-state index is 0.123. The second-order valence-electron chi connectivity index (χ2n) is 6.12. The van der Waals surface area contributed by atoms with Gasteiger partial charge in [0.05, 0.1) is 11.3 Å². The monoisotopic (exact) mass is 362 g/mol. The molecule has 3 amide bonds. The van der Waals surface area contributed by atoms with Crippen LogP contribution in [0.25, 0.3) is 0 Å². The maximum absolute atomic E-state index is 12.5. The molecule has 0 radical (unpaired) electrons. The fourth-order valence-corrected chi connectivity index (χ4v) is 2.86. The van der Waals surface area contributed by atoms with Crippen molar-refractivity contribution in [3.8, 4) is 6.07 Å². The summed E-state index contributed by atoms with van der Waals surface area (Å²) in [5.74, 6) is -0.473. The SMILES string of the molecule is N#Cc1ccccc1NC(=O)c1ccc(C(=O)N2CCN(C=O)CC2)cc1. The topological polar surface area (TPSA) is 93.5 Å². The number of nitrogens with zero attached hydrogens (tertiary/aromatic N) is 3. The van der Waals surface area contributed by atoms with Crippen molar-refractivity contribution in [1.29, 1.82) is 5.26 Å². The summed E-state index contributed by atoms with van der Waals surface area (Å²) in [7, 11) is 0. The molecule has 0 aromatic heterocycles. The van der Waals surface area contributed by atoms with Gasteiger partial charge in [-0.05, 0) is 36.4 Å². The Bertz CT molecular complexity index is 894. The van der Waals surface area contributed by atoms with Crippen LogP contribution in [-0.4, -0.2) is 54.2 Å². The third-order valence-corrected chi connectivity index (χ3v) is 4.44. The van der Waals surface area contributed by atoms with E-state index in [1.165, 1.54) is 0 Å². The summed E-state index contributed by atoms with van der Waals surface area (Å²) in [5, 5.41) is 11.8. The van der Waals surface area contributed by atoms with E-state index < -0.39 is 0 Å². The predicted molar refractivity (Wildman–Crippen MR) is 99.1 cm³/mol. The molecule has 0 bridgehead atoms. The Labute approximate surface area is 156 Å². The normalized spacial score (nSPS) is 13.6. The van der Waals surface area contributed by atoms with Crippen molar-refractivity contribution in [2.75, 3.05) is 31.5 Å². The number of benzene rings is 2. The summed E-state index contributed by atoms with van der Waals surface area (Å²) in [6.45, 7) is 2.03. The number of para-hydroxylation sites is 1. The molecule has 2 aromatic rings. The smallest absolute Gasteiger partial charge is 0.255 e. The molecule has 1 fully saturated rings. The molecule has 0 spiro atoms. The average Bonchev–Trinajstić information content (AvgIpc) is 2.73. The highest BCUT2D eigenvalue weighted by Crippen LogP contribution is 2.16. The van der Waals surface area contributed by atoms with Crippen LogP contribution < -0.4 is 5.32 Å². The molecule has 1 N–H and O–H groups in total. The summed E-state index contributed by atoms with van der Waals surface area (Å²) in [4.78, 5) is 39.0. The molecule has 136 valence electrons. The summed E-state index contributed by atoms with van der Waals surface area (Å²) >= 11 is 0. The second kappa shape index (κ2) is 8.15. The van der Waals surface area contributed by atoms with Crippen molar-refractivity contribution < 1.29 is 14.4 Å². The van der Waals surface area contributed by atoms with Crippen LogP contribution in [0.4, 0.5) is 5.69 Å². The highest BCUT2D eigenvalue weighted by Gasteiger charge is 2.21. The van der Waals surface area contributed by atoms with Gasteiger partial charge >= 0.3 is 0 Å². The quantitative estimate of drug-likeness (QED) is 0.838. The number of carbonyl (C=O) groups excluding carboxylic acids is 3. The molecule has 7 heteroatoms.